The molecule has 3 aliphatic rings. The monoisotopic (exact) mass is 499 g/mol. The lowest BCUT2D eigenvalue weighted by molar-refractivity contribution is 0.354. The summed E-state index contributed by atoms with van der Waals surface area (Å²) in [7, 11) is 3.32. The Hall–Kier alpha value is -3.81. The first-order valence-electron chi connectivity index (χ1n) is 13.1. The van der Waals surface area contributed by atoms with Crippen LogP contribution in [0.3, 0.4) is 0 Å². The fourth-order valence-corrected chi connectivity index (χ4v) is 5.90. The van der Waals surface area contributed by atoms with Crippen LogP contribution >= 0.6 is 0 Å². The Labute approximate surface area is 217 Å². The molecule has 0 spiro atoms. The SMILES string of the molecule is COc1cc2c(cc1OC)C(C1CCc3nc(N4CCN(c5ccccc5)CC4)[nH]c(=O)c3C1)=NCC2. The molecule has 3 heterocycles. The van der Waals surface area contributed by atoms with Gasteiger partial charge in [-0.1, -0.05) is 18.2 Å². The molecule has 0 saturated carbocycles. The van der Waals surface area contributed by atoms with Gasteiger partial charge in [0.2, 0.25) is 5.95 Å². The topological polar surface area (TPSA) is 83.0 Å². The summed E-state index contributed by atoms with van der Waals surface area (Å²) in [5.41, 5.74) is 6.39. The van der Waals surface area contributed by atoms with Crippen molar-refractivity contribution >= 4 is 17.3 Å². The first-order valence-corrected chi connectivity index (χ1v) is 13.1. The molecule has 0 amide bonds. The lowest BCUT2D eigenvalue weighted by Gasteiger charge is -2.36. The van der Waals surface area contributed by atoms with Crippen molar-refractivity contribution in [1.82, 2.24) is 9.97 Å². The molecular weight excluding hydrogens is 466 g/mol. The fraction of sp³-hybridized carbons (Fsp3) is 0.414. The number of anilines is 2. The third-order valence-electron chi connectivity index (χ3n) is 7.90. The van der Waals surface area contributed by atoms with E-state index in [9.17, 15) is 4.79 Å². The van der Waals surface area contributed by atoms with E-state index in [4.69, 9.17) is 19.5 Å². The number of rotatable bonds is 5. The molecule has 1 N–H and O–H groups in total. The zero-order valence-corrected chi connectivity index (χ0v) is 21.5. The maximum Gasteiger partial charge on any atom is 0.255 e. The highest BCUT2D eigenvalue weighted by Gasteiger charge is 2.31. The van der Waals surface area contributed by atoms with Crippen LogP contribution in [0.2, 0.25) is 0 Å². The van der Waals surface area contributed by atoms with Crippen LogP contribution in [0.25, 0.3) is 0 Å². The molecule has 8 heteroatoms. The van der Waals surface area contributed by atoms with Crippen LogP contribution in [-0.4, -0.2) is 62.6 Å². The molecule has 37 heavy (non-hydrogen) atoms. The third kappa shape index (κ3) is 4.45. The molecule has 0 radical (unpaired) electrons. The third-order valence-corrected chi connectivity index (χ3v) is 7.90. The average Bonchev–Trinajstić information content (AvgIpc) is 2.96. The molecule has 1 unspecified atom stereocenters. The number of nitrogens with one attached hydrogen (secondary N) is 1. The van der Waals surface area contributed by atoms with E-state index >= 15 is 0 Å². The molecular formula is C29H33N5O3. The Morgan fingerprint density at radius 1 is 0.946 bits per heavy atom. The standard InChI is InChI=1S/C29H33N5O3/c1-36-25-17-19-10-11-30-27(22(19)18-26(25)37-2)20-8-9-24-23(16-20)28(35)32-29(31-24)34-14-12-33(13-15-34)21-6-4-3-5-7-21/h3-7,17-18,20H,8-16H2,1-2H3,(H,31,32,35). The van der Waals surface area contributed by atoms with Crippen molar-refractivity contribution in [2.75, 3.05) is 56.7 Å². The van der Waals surface area contributed by atoms with E-state index in [1.54, 1.807) is 14.2 Å². The number of ether oxygens (including phenoxy) is 2. The van der Waals surface area contributed by atoms with Gasteiger partial charge in [-0.2, -0.15) is 0 Å². The first kappa shape index (κ1) is 23.6. The largest absolute Gasteiger partial charge is 0.493 e. The lowest BCUT2D eigenvalue weighted by Crippen LogP contribution is -2.47. The second-order valence-corrected chi connectivity index (χ2v) is 9.95. The van der Waals surface area contributed by atoms with E-state index in [0.29, 0.717) is 18.1 Å². The van der Waals surface area contributed by atoms with Crippen LogP contribution in [0.1, 0.15) is 28.8 Å². The number of aliphatic imine (C=N–C) groups is 1. The highest BCUT2D eigenvalue weighted by Crippen LogP contribution is 2.36. The summed E-state index contributed by atoms with van der Waals surface area (Å²) in [4.78, 5) is 30.8. The fourth-order valence-electron chi connectivity index (χ4n) is 5.90. The molecule has 8 nitrogen and oxygen atoms in total. The number of H-pyrrole nitrogens is 1. The van der Waals surface area contributed by atoms with Gasteiger partial charge in [0, 0.05) is 61.2 Å². The number of para-hydroxylation sites is 1. The summed E-state index contributed by atoms with van der Waals surface area (Å²) in [6.45, 7) is 4.22. The van der Waals surface area contributed by atoms with E-state index in [1.165, 1.54) is 11.3 Å². The van der Waals surface area contributed by atoms with Gasteiger partial charge in [-0.3, -0.25) is 14.8 Å². The molecule has 1 atom stereocenters. The molecule has 2 aliphatic heterocycles. The average molecular weight is 500 g/mol. The molecule has 192 valence electrons. The number of nitrogens with zero attached hydrogens (tertiary/aromatic N) is 4. The van der Waals surface area contributed by atoms with Crippen molar-refractivity contribution < 1.29 is 9.47 Å². The minimum Gasteiger partial charge on any atom is -0.493 e. The number of benzene rings is 2. The molecule has 3 aromatic rings. The van der Waals surface area contributed by atoms with E-state index in [0.717, 1.165) is 80.3 Å². The summed E-state index contributed by atoms with van der Waals surface area (Å²) in [6.07, 6.45) is 3.25. The quantitative estimate of drug-likeness (QED) is 0.580. The summed E-state index contributed by atoms with van der Waals surface area (Å²) in [5, 5.41) is 0. The summed E-state index contributed by atoms with van der Waals surface area (Å²) in [5.74, 6) is 2.35. The summed E-state index contributed by atoms with van der Waals surface area (Å²) in [6, 6.07) is 14.6. The van der Waals surface area contributed by atoms with Gasteiger partial charge in [-0.15, -0.1) is 0 Å². The number of hydrogen-bond acceptors (Lipinski definition) is 7. The number of aromatic amines is 1. The van der Waals surface area contributed by atoms with Crippen LogP contribution in [0.5, 0.6) is 11.5 Å². The molecule has 1 aliphatic carbocycles. The van der Waals surface area contributed by atoms with E-state index in [-0.39, 0.29) is 11.5 Å². The van der Waals surface area contributed by atoms with Crippen LogP contribution in [0, 0.1) is 5.92 Å². The van der Waals surface area contributed by atoms with Crippen LogP contribution in [0.4, 0.5) is 11.6 Å². The van der Waals surface area contributed by atoms with Gasteiger partial charge >= 0.3 is 0 Å². The van der Waals surface area contributed by atoms with Gasteiger partial charge in [0.25, 0.3) is 5.56 Å². The Morgan fingerprint density at radius 3 is 2.43 bits per heavy atom. The number of hydrogen-bond donors (Lipinski definition) is 1. The highest BCUT2D eigenvalue weighted by molar-refractivity contribution is 6.05. The number of methoxy groups -OCH3 is 2. The van der Waals surface area contributed by atoms with Crippen LogP contribution in [-0.2, 0) is 19.3 Å². The van der Waals surface area contributed by atoms with E-state index in [1.807, 2.05) is 12.1 Å². The molecule has 0 bridgehead atoms. The van der Waals surface area contributed by atoms with Gasteiger partial charge < -0.3 is 19.3 Å². The van der Waals surface area contributed by atoms with Crippen molar-refractivity contribution in [3.8, 4) is 11.5 Å². The highest BCUT2D eigenvalue weighted by atomic mass is 16.5. The van der Waals surface area contributed by atoms with Gasteiger partial charge in [0.05, 0.1) is 19.9 Å². The predicted octanol–water partition coefficient (Wildman–Crippen LogP) is 3.26. The maximum atomic E-state index is 13.3. The minimum atomic E-state index is -0.0147. The number of aryl methyl sites for hydroxylation is 1. The second-order valence-electron chi connectivity index (χ2n) is 9.95. The molecule has 2 aromatic carbocycles. The molecule has 6 rings (SSSR count). The minimum absolute atomic E-state index is 0.0147. The summed E-state index contributed by atoms with van der Waals surface area (Å²) < 4.78 is 11.1. The van der Waals surface area contributed by atoms with Gasteiger partial charge in [-0.05, 0) is 55.5 Å². The van der Waals surface area contributed by atoms with Crippen LogP contribution < -0.4 is 24.8 Å². The Kier molecular flexibility index (Phi) is 6.32. The molecule has 1 aromatic heterocycles. The normalized spacial score (nSPS) is 19.1. The zero-order valence-electron chi connectivity index (χ0n) is 21.5. The van der Waals surface area contributed by atoms with Crippen molar-refractivity contribution in [2.24, 2.45) is 10.9 Å². The first-order chi connectivity index (χ1) is 18.1. The Balaban J connectivity index is 1.20. The molecule has 1 saturated heterocycles. The summed E-state index contributed by atoms with van der Waals surface area (Å²) >= 11 is 0. The van der Waals surface area contributed by atoms with Crippen molar-refractivity contribution in [3.05, 3.63) is 75.2 Å². The number of aromatic nitrogens is 2. The van der Waals surface area contributed by atoms with Crippen molar-refractivity contribution in [3.63, 3.8) is 0 Å². The number of piperazine rings is 1. The van der Waals surface area contributed by atoms with Crippen LogP contribution in [0.15, 0.2) is 52.3 Å². The maximum absolute atomic E-state index is 13.3. The van der Waals surface area contributed by atoms with Gasteiger partial charge in [-0.25, -0.2) is 4.98 Å². The van der Waals surface area contributed by atoms with Gasteiger partial charge in [0.1, 0.15) is 0 Å². The smallest absolute Gasteiger partial charge is 0.255 e. The predicted molar refractivity (Wildman–Crippen MR) is 146 cm³/mol. The van der Waals surface area contributed by atoms with Crippen molar-refractivity contribution in [1.29, 1.82) is 0 Å². The van der Waals surface area contributed by atoms with Crippen molar-refractivity contribution in [2.45, 2.75) is 25.7 Å². The van der Waals surface area contributed by atoms with E-state index in [2.05, 4.69) is 45.1 Å². The molecule has 1 fully saturated rings. The van der Waals surface area contributed by atoms with E-state index < -0.39 is 0 Å². The zero-order chi connectivity index (χ0) is 25.4. The Bertz CT molecular complexity index is 1380. The second kappa shape index (κ2) is 9.92. The van der Waals surface area contributed by atoms with Gasteiger partial charge in [0.15, 0.2) is 11.5 Å². The number of fused-ring (bicyclic) bond motifs is 2. The lowest BCUT2D eigenvalue weighted by atomic mass is 9.79. The Morgan fingerprint density at radius 2 is 1.68 bits per heavy atom.